The Balaban J connectivity index is 1.82. The third-order valence-electron chi connectivity index (χ3n) is 5.26. The molecule has 1 fully saturated rings. The van der Waals surface area contributed by atoms with Crippen molar-refractivity contribution in [2.45, 2.75) is 84.8 Å². The summed E-state index contributed by atoms with van der Waals surface area (Å²) in [6.07, 6.45) is 4.93. The fourth-order valence-corrected chi connectivity index (χ4v) is 3.63. The first kappa shape index (κ1) is 18.2. The van der Waals surface area contributed by atoms with E-state index in [1.54, 1.807) is 0 Å². The van der Waals surface area contributed by atoms with Gasteiger partial charge in [0.15, 0.2) is 5.82 Å². The van der Waals surface area contributed by atoms with E-state index in [0.29, 0.717) is 12.1 Å². The fourth-order valence-electron chi connectivity index (χ4n) is 3.63. The van der Waals surface area contributed by atoms with Gasteiger partial charge in [-0.05, 0) is 45.2 Å². The third-order valence-corrected chi connectivity index (χ3v) is 5.26. The minimum Gasteiger partial charge on any atom is -0.378 e. The van der Waals surface area contributed by atoms with Gasteiger partial charge >= 0.3 is 0 Å². The molecule has 0 spiro atoms. The molecule has 0 radical (unpaired) electrons. The number of nitrogens with zero attached hydrogens (tertiary/aromatic N) is 3. The highest BCUT2D eigenvalue weighted by Gasteiger charge is 2.35. The highest BCUT2D eigenvalue weighted by molar-refractivity contribution is 5.35. The van der Waals surface area contributed by atoms with Gasteiger partial charge in [0.1, 0.15) is 0 Å². The summed E-state index contributed by atoms with van der Waals surface area (Å²) in [7, 11) is 0. The van der Waals surface area contributed by atoms with Crippen LogP contribution in [0.3, 0.4) is 0 Å². The van der Waals surface area contributed by atoms with Crippen LogP contribution in [0.25, 0.3) is 5.82 Å². The molecule has 0 bridgehead atoms. The molecule has 1 aliphatic carbocycles. The summed E-state index contributed by atoms with van der Waals surface area (Å²) in [5.41, 5.74) is 3.86. The minimum atomic E-state index is 0.0777. The molecule has 0 amide bonds. The van der Waals surface area contributed by atoms with Crippen molar-refractivity contribution in [3.63, 3.8) is 0 Å². The van der Waals surface area contributed by atoms with Crippen LogP contribution in [0, 0.1) is 13.8 Å². The van der Waals surface area contributed by atoms with Gasteiger partial charge in [-0.25, -0.2) is 0 Å². The molecule has 1 aliphatic rings. The molecule has 4 heteroatoms. The Hall–Kier alpha value is -1.55. The number of rotatable bonds is 6. The summed E-state index contributed by atoms with van der Waals surface area (Å²) in [4.78, 5) is 0. The molecule has 0 aliphatic heterocycles. The first-order chi connectivity index (χ1) is 11.8. The Morgan fingerprint density at radius 3 is 2.36 bits per heavy atom. The summed E-state index contributed by atoms with van der Waals surface area (Å²) in [6.45, 7) is 14.2. The molecule has 0 atom stereocenters. The molecular formula is C21H33N3O. The van der Waals surface area contributed by atoms with E-state index in [4.69, 9.17) is 9.84 Å². The molecule has 138 valence electrons. The second kappa shape index (κ2) is 6.99. The molecule has 2 aromatic heterocycles. The van der Waals surface area contributed by atoms with E-state index < -0.39 is 0 Å². The van der Waals surface area contributed by atoms with Gasteiger partial charge < -0.3 is 9.30 Å². The lowest BCUT2D eigenvalue weighted by atomic mass is 9.86. The Bertz CT molecular complexity index is 695. The zero-order valence-electron chi connectivity index (χ0n) is 16.7. The summed E-state index contributed by atoms with van der Waals surface area (Å²) in [5, 5.41) is 5.02. The Labute approximate surface area is 152 Å². The number of hydrogen-bond donors (Lipinski definition) is 0. The molecule has 2 heterocycles. The summed E-state index contributed by atoms with van der Waals surface area (Å²) < 4.78 is 10.5. The van der Waals surface area contributed by atoms with Crippen LogP contribution >= 0.6 is 0 Å². The molecule has 1 saturated carbocycles. The van der Waals surface area contributed by atoms with Crippen LogP contribution in [-0.4, -0.2) is 27.1 Å². The lowest BCUT2D eigenvalue weighted by Gasteiger charge is -2.37. The quantitative estimate of drug-likeness (QED) is 0.683. The zero-order valence-corrected chi connectivity index (χ0v) is 16.7. The number of unbranched alkanes of at least 4 members (excludes halogenated alkanes) is 1. The topological polar surface area (TPSA) is 32.0 Å². The van der Waals surface area contributed by atoms with E-state index in [1.165, 1.54) is 23.5 Å². The van der Waals surface area contributed by atoms with Crippen LogP contribution in [0.1, 0.15) is 76.5 Å². The molecule has 0 unspecified atom stereocenters. The second-order valence-electron chi connectivity index (χ2n) is 8.51. The van der Waals surface area contributed by atoms with Crippen LogP contribution in [0.4, 0.5) is 0 Å². The molecular weight excluding hydrogens is 310 g/mol. The van der Waals surface area contributed by atoms with Gasteiger partial charge in [-0.15, -0.1) is 0 Å². The van der Waals surface area contributed by atoms with Crippen LogP contribution < -0.4 is 0 Å². The largest absolute Gasteiger partial charge is 0.378 e. The van der Waals surface area contributed by atoms with Gasteiger partial charge in [0.25, 0.3) is 0 Å². The lowest BCUT2D eigenvalue weighted by molar-refractivity contribution is -0.0308. The van der Waals surface area contributed by atoms with E-state index in [1.807, 2.05) is 0 Å². The molecule has 3 rings (SSSR count). The molecule has 2 aromatic rings. The van der Waals surface area contributed by atoms with Gasteiger partial charge in [0, 0.05) is 35.2 Å². The van der Waals surface area contributed by atoms with Gasteiger partial charge in [-0.3, -0.25) is 4.68 Å². The smallest absolute Gasteiger partial charge is 0.159 e. The van der Waals surface area contributed by atoms with Crippen LogP contribution in [-0.2, 0) is 10.2 Å². The normalized spacial score (nSPS) is 20.7. The van der Waals surface area contributed by atoms with E-state index in [9.17, 15) is 0 Å². The average Bonchev–Trinajstić information content (AvgIpc) is 3.05. The van der Waals surface area contributed by atoms with Crippen molar-refractivity contribution in [3.8, 4) is 5.82 Å². The minimum absolute atomic E-state index is 0.0777. The van der Waals surface area contributed by atoms with Crippen molar-refractivity contribution in [1.82, 2.24) is 14.3 Å². The van der Waals surface area contributed by atoms with Crippen molar-refractivity contribution >= 4 is 0 Å². The first-order valence-corrected chi connectivity index (χ1v) is 9.68. The average molecular weight is 344 g/mol. The molecule has 25 heavy (non-hydrogen) atoms. The highest BCUT2D eigenvalue weighted by atomic mass is 16.5. The molecule has 0 aromatic carbocycles. The Morgan fingerprint density at radius 1 is 1.16 bits per heavy atom. The lowest BCUT2D eigenvalue weighted by Crippen LogP contribution is -2.36. The van der Waals surface area contributed by atoms with E-state index in [2.05, 4.69) is 69.0 Å². The molecule has 0 N–H and O–H groups in total. The number of aryl methyl sites for hydroxylation is 2. The monoisotopic (exact) mass is 343 g/mol. The van der Waals surface area contributed by atoms with E-state index >= 15 is 0 Å². The predicted molar refractivity (Wildman–Crippen MR) is 103 cm³/mol. The zero-order chi connectivity index (χ0) is 18.2. The van der Waals surface area contributed by atoms with Crippen molar-refractivity contribution in [1.29, 1.82) is 0 Å². The van der Waals surface area contributed by atoms with Crippen molar-refractivity contribution in [3.05, 3.63) is 35.3 Å². The maximum Gasteiger partial charge on any atom is 0.159 e. The van der Waals surface area contributed by atoms with Crippen molar-refractivity contribution < 1.29 is 4.74 Å². The molecule has 4 nitrogen and oxygen atoms in total. The third kappa shape index (κ3) is 3.69. The number of aromatic nitrogens is 3. The van der Waals surface area contributed by atoms with E-state index in [0.717, 1.165) is 31.7 Å². The first-order valence-electron chi connectivity index (χ1n) is 9.68. The van der Waals surface area contributed by atoms with E-state index in [-0.39, 0.29) is 5.41 Å². The maximum absolute atomic E-state index is 5.97. The SMILES string of the molecule is CCCCO[C@H]1C[C@H](n2nc(-n3c(C)ccc3C)cc2C(C)(C)C)C1. The van der Waals surface area contributed by atoms with Crippen molar-refractivity contribution in [2.75, 3.05) is 6.61 Å². The second-order valence-corrected chi connectivity index (χ2v) is 8.51. The maximum atomic E-state index is 5.97. The predicted octanol–water partition coefficient (Wildman–Crippen LogP) is 5.11. The van der Waals surface area contributed by atoms with Crippen LogP contribution in [0.15, 0.2) is 18.2 Å². The molecule has 0 saturated heterocycles. The van der Waals surface area contributed by atoms with Gasteiger partial charge in [-0.1, -0.05) is 34.1 Å². The number of ether oxygens (including phenoxy) is 1. The standard InChI is InChI=1S/C21H33N3O/c1-7-8-11-25-18-12-17(13-18)24-19(21(4,5)6)14-20(22-24)23-15(2)9-10-16(23)3/h9-10,14,17-18H,7-8,11-13H2,1-6H3/t17-,18-. The fraction of sp³-hybridized carbons (Fsp3) is 0.667. The summed E-state index contributed by atoms with van der Waals surface area (Å²) >= 11 is 0. The highest BCUT2D eigenvalue weighted by Crippen LogP contribution is 2.38. The van der Waals surface area contributed by atoms with Gasteiger partial charge in [0.05, 0.1) is 12.1 Å². The Morgan fingerprint density at radius 2 is 1.80 bits per heavy atom. The summed E-state index contributed by atoms with van der Waals surface area (Å²) in [6, 6.07) is 7.05. The van der Waals surface area contributed by atoms with Crippen LogP contribution in [0.2, 0.25) is 0 Å². The summed E-state index contributed by atoms with van der Waals surface area (Å²) in [5.74, 6) is 1.04. The Kier molecular flexibility index (Phi) is 5.10. The van der Waals surface area contributed by atoms with Gasteiger partial charge in [-0.2, -0.15) is 5.10 Å². The van der Waals surface area contributed by atoms with Gasteiger partial charge in [0.2, 0.25) is 0 Å². The number of hydrogen-bond acceptors (Lipinski definition) is 2. The van der Waals surface area contributed by atoms with Crippen molar-refractivity contribution in [2.24, 2.45) is 0 Å². The van der Waals surface area contributed by atoms with Crippen LogP contribution in [0.5, 0.6) is 0 Å².